The highest BCUT2D eigenvalue weighted by Crippen LogP contribution is 2.37. The van der Waals surface area contributed by atoms with Crippen LogP contribution >= 0.6 is 0 Å². The van der Waals surface area contributed by atoms with Gasteiger partial charge in [-0.25, -0.2) is 4.90 Å². The van der Waals surface area contributed by atoms with Gasteiger partial charge in [0.2, 0.25) is 0 Å². The molecule has 0 radical (unpaired) electrons. The number of carbonyl (C=O) groups excluding carboxylic acids is 2. The molecule has 32 heavy (non-hydrogen) atoms. The van der Waals surface area contributed by atoms with Crippen molar-refractivity contribution in [1.29, 1.82) is 0 Å². The second kappa shape index (κ2) is 8.59. The third-order valence-electron chi connectivity index (χ3n) is 5.35. The van der Waals surface area contributed by atoms with Crippen molar-refractivity contribution in [3.8, 4) is 11.5 Å². The second-order valence-corrected chi connectivity index (χ2v) is 7.59. The quantitative estimate of drug-likeness (QED) is 0.576. The van der Waals surface area contributed by atoms with E-state index in [9.17, 15) is 9.59 Å². The van der Waals surface area contributed by atoms with Crippen molar-refractivity contribution >= 4 is 28.8 Å². The predicted octanol–water partition coefficient (Wildman–Crippen LogP) is 4.72. The third-order valence-corrected chi connectivity index (χ3v) is 5.35. The van der Waals surface area contributed by atoms with Gasteiger partial charge in [0.05, 0.1) is 31.2 Å². The average Bonchev–Trinajstić information content (AvgIpc) is 3.03. The van der Waals surface area contributed by atoms with Crippen molar-refractivity contribution in [2.75, 3.05) is 24.4 Å². The van der Waals surface area contributed by atoms with Crippen LogP contribution in [-0.2, 0) is 9.59 Å². The third kappa shape index (κ3) is 3.83. The van der Waals surface area contributed by atoms with Gasteiger partial charge in [-0.3, -0.25) is 9.59 Å². The number of nitrogens with one attached hydrogen (secondary N) is 1. The van der Waals surface area contributed by atoms with E-state index >= 15 is 0 Å². The fourth-order valence-corrected chi connectivity index (χ4v) is 3.68. The lowest BCUT2D eigenvalue weighted by Crippen LogP contribution is -2.32. The lowest BCUT2D eigenvalue weighted by molar-refractivity contribution is -0.120. The summed E-state index contributed by atoms with van der Waals surface area (Å²) in [4.78, 5) is 28.3. The molecule has 0 bridgehead atoms. The van der Waals surface area contributed by atoms with Crippen molar-refractivity contribution in [2.45, 2.75) is 13.8 Å². The number of carbonyl (C=O) groups is 2. The number of imide groups is 1. The van der Waals surface area contributed by atoms with Crippen LogP contribution in [0.4, 0.5) is 11.4 Å². The van der Waals surface area contributed by atoms with Crippen molar-refractivity contribution in [1.82, 2.24) is 0 Å². The SMILES string of the molecule is COc1ccc(OC)c(NC2=C(c3ccc(C)cc3)C(=O)N(c3cccc(C)c3)C2=O)c1. The lowest BCUT2D eigenvalue weighted by Gasteiger charge is -2.16. The maximum atomic E-state index is 13.5. The monoisotopic (exact) mass is 428 g/mol. The maximum absolute atomic E-state index is 13.5. The molecule has 1 aliphatic heterocycles. The zero-order valence-electron chi connectivity index (χ0n) is 18.4. The lowest BCUT2D eigenvalue weighted by atomic mass is 10.0. The number of anilines is 2. The van der Waals surface area contributed by atoms with Crippen molar-refractivity contribution in [3.05, 3.63) is 89.1 Å². The molecule has 0 saturated heterocycles. The molecule has 6 nitrogen and oxygen atoms in total. The number of methoxy groups -OCH3 is 2. The summed E-state index contributed by atoms with van der Waals surface area (Å²) in [5.41, 5.74) is 4.22. The standard InChI is InChI=1S/C26H24N2O4/c1-16-8-10-18(11-9-16)23-24(27-21-15-20(31-3)12-13-22(21)32-4)26(30)28(25(23)29)19-7-5-6-17(2)14-19/h5-15,27H,1-4H3. The number of aryl methyl sites for hydroxylation is 2. The molecule has 0 unspecified atom stereocenters. The fraction of sp³-hybridized carbons (Fsp3) is 0.154. The van der Waals surface area contributed by atoms with Crippen LogP contribution in [0, 0.1) is 13.8 Å². The normalized spacial score (nSPS) is 13.6. The highest BCUT2D eigenvalue weighted by atomic mass is 16.5. The number of nitrogens with zero attached hydrogens (tertiary/aromatic N) is 1. The van der Waals surface area contributed by atoms with Crippen LogP contribution in [0.3, 0.4) is 0 Å². The highest BCUT2D eigenvalue weighted by molar-refractivity contribution is 6.46. The van der Waals surface area contributed by atoms with Gasteiger partial charge < -0.3 is 14.8 Å². The fourth-order valence-electron chi connectivity index (χ4n) is 3.68. The Morgan fingerprint density at radius 1 is 0.781 bits per heavy atom. The minimum Gasteiger partial charge on any atom is -0.497 e. The van der Waals surface area contributed by atoms with Gasteiger partial charge in [0.25, 0.3) is 11.8 Å². The molecule has 6 heteroatoms. The molecule has 0 aromatic heterocycles. The predicted molar refractivity (Wildman–Crippen MR) is 125 cm³/mol. The Labute approximate surface area is 187 Å². The van der Waals surface area contributed by atoms with Gasteiger partial charge in [-0.05, 0) is 49.2 Å². The van der Waals surface area contributed by atoms with E-state index in [2.05, 4.69) is 5.32 Å². The minimum atomic E-state index is -0.430. The van der Waals surface area contributed by atoms with E-state index in [0.717, 1.165) is 11.1 Å². The maximum Gasteiger partial charge on any atom is 0.282 e. The molecule has 1 aliphatic rings. The van der Waals surface area contributed by atoms with Gasteiger partial charge in [-0.2, -0.15) is 0 Å². The van der Waals surface area contributed by atoms with Gasteiger partial charge in [0.15, 0.2) is 0 Å². The molecule has 1 N–H and O–H groups in total. The molecule has 4 rings (SSSR count). The average molecular weight is 428 g/mol. The molecule has 3 aromatic carbocycles. The van der Waals surface area contributed by atoms with E-state index in [1.807, 2.05) is 56.3 Å². The van der Waals surface area contributed by atoms with Crippen LogP contribution in [-0.4, -0.2) is 26.0 Å². The van der Waals surface area contributed by atoms with Crippen LogP contribution in [0.1, 0.15) is 16.7 Å². The Bertz CT molecular complexity index is 1230. The number of rotatable bonds is 6. The van der Waals surface area contributed by atoms with Gasteiger partial charge >= 0.3 is 0 Å². The molecule has 0 saturated carbocycles. The number of benzene rings is 3. The van der Waals surface area contributed by atoms with Crippen LogP contribution < -0.4 is 19.7 Å². The first-order valence-electron chi connectivity index (χ1n) is 10.2. The molecule has 0 atom stereocenters. The summed E-state index contributed by atoms with van der Waals surface area (Å²) in [6, 6.07) is 20.1. The number of hydrogen-bond donors (Lipinski definition) is 1. The summed E-state index contributed by atoms with van der Waals surface area (Å²) < 4.78 is 10.8. The summed E-state index contributed by atoms with van der Waals surface area (Å²) in [5, 5.41) is 3.16. The molecular weight excluding hydrogens is 404 g/mol. The van der Waals surface area contributed by atoms with Crippen molar-refractivity contribution < 1.29 is 19.1 Å². The minimum absolute atomic E-state index is 0.187. The zero-order chi connectivity index (χ0) is 22.8. The van der Waals surface area contributed by atoms with Crippen LogP contribution in [0.25, 0.3) is 5.57 Å². The Kier molecular flexibility index (Phi) is 5.69. The molecule has 2 amide bonds. The first-order chi connectivity index (χ1) is 15.4. The summed E-state index contributed by atoms with van der Waals surface area (Å²) in [7, 11) is 3.11. The number of ether oxygens (including phenoxy) is 2. The summed E-state index contributed by atoms with van der Waals surface area (Å²) in [5.74, 6) is 0.309. The van der Waals surface area contributed by atoms with E-state index < -0.39 is 5.91 Å². The topological polar surface area (TPSA) is 67.9 Å². The second-order valence-electron chi connectivity index (χ2n) is 7.59. The molecule has 3 aromatic rings. The highest BCUT2D eigenvalue weighted by Gasteiger charge is 2.40. The molecule has 0 spiro atoms. The summed E-state index contributed by atoms with van der Waals surface area (Å²) >= 11 is 0. The summed E-state index contributed by atoms with van der Waals surface area (Å²) in [6.07, 6.45) is 0. The van der Waals surface area contributed by atoms with E-state index in [-0.39, 0.29) is 11.6 Å². The number of hydrogen-bond acceptors (Lipinski definition) is 5. The van der Waals surface area contributed by atoms with E-state index in [1.54, 1.807) is 38.5 Å². The van der Waals surface area contributed by atoms with Gasteiger partial charge in [0, 0.05) is 6.07 Å². The molecule has 1 heterocycles. The van der Waals surface area contributed by atoms with E-state index in [4.69, 9.17) is 9.47 Å². The van der Waals surface area contributed by atoms with Crippen LogP contribution in [0.2, 0.25) is 0 Å². The van der Waals surface area contributed by atoms with Gasteiger partial charge in [-0.15, -0.1) is 0 Å². The van der Waals surface area contributed by atoms with Crippen molar-refractivity contribution in [3.63, 3.8) is 0 Å². The molecule has 162 valence electrons. The molecular formula is C26H24N2O4. The van der Waals surface area contributed by atoms with E-state index in [0.29, 0.717) is 34.0 Å². The Morgan fingerprint density at radius 3 is 2.19 bits per heavy atom. The zero-order valence-corrected chi connectivity index (χ0v) is 18.4. The van der Waals surface area contributed by atoms with Gasteiger partial charge in [-0.1, -0.05) is 42.0 Å². The smallest absolute Gasteiger partial charge is 0.282 e. The largest absolute Gasteiger partial charge is 0.497 e. The first kappa shape index (κ1) is 21.2. The Morgan fingerprint density at radius 2 is 1.53 bits per heavy atom. The van der Waals surface area contributed by atoms with E-state index in [1.165, 1.54) is 4.90 Å². The summed E-state index contributed by atoms with van der Waals surface area (Å²) in [6.45, 7) is 3.89. The number of amides is 2. The van der Waals surface area contributed by atoms with Crippen molar-refractivity contribution in [2.24, 2.45) is 0 Å². The van der Waals surface area contributed by atoms with Gasteiger partial charge in [0.1, 0.15) is 17.2 Å². The van der Waals surface area contributed by atoms with Crippen LogP contribution in [0.15, 0.2) is 72.4 Å². The molecule has 0 aliphatic carbocycles. The Hall–Kier alpha value is -4.06. The Balaban J connectivity index is 1.86. The first-order valence-corrected chi connectivity index (χ1v) is 10.2. The molecule has 0 fully saturated rings. The van der Waals surface area contributed by atoms with Crippen LogP contribution in [0.5, 0.6) is 11.5 Å².